The summed E-state index contributed by atoms with van der Waals surface area (Å²) in [6.45, 7) is 0. The minimum absolute atomic E-state index is 1.22. The Morgan fingerprint density at radius 3 is 0.707 bits per heavy atom. The molecule has 0 fully saturated rings. The van der Waals surface area contributed by atoms with E-state index in [2.05, 4.69) is 218 Å². The van der Waals surface area contributed by atoms with Crippen molar-refractivity contribution in [2.45, 2.75) is 0 Å². The van der Waals surface area contributed by atoms with Gasteiger partial charge < -0.3 is 0 Å². The first-order valence-electron chi connectivity index (χ1n) is 20.2. The molecule has 0 nitrogen and oxygen atoms in total. The number of benzene rings is 12. The second kappa shape index (κ2) is 13.0. The molecule has 0 heteroatoms. The minimum atomic E-state index is 1.22. The lowest BCUT2D eigenvalue weighted by atomic mass is 9.84. The van der Waals surface area contributed by atoms with Gasteiger partial charge >= 0.3 is 0 Å². The molecular weight excluding hydrogens is 697 g/mol. The van der Waals surface area contributed by atoms with Gasteiger partial charge in [0.25, 0.3) is 0 Å². The first-order valence-corrected chi connectivity index (χ1v) is 20.2. The van der Waals surface area contributed by atoms with E-state index in [4.69, 9.17) is 0 Å². The quantitative estimate of drug-likeness (QED) is 0.125. The van der Waals surface area contributed by atoms with Gasteiger partial charge in [-0.05, 0) is 126 Å². The summed E-state index contributed by atoms with van der Waals surface area (Å²) in [5.74, 6) is 0. The molecule has 12 aromatic carbocycles. The maximum Gasteiger partial charge on any atom is -0.00261 e. The van der Waals surface area contributed by atoms with Crippen molar-refractivity contribution < 1.29 is 0 Å². The van der Waals surface area contributed by atoms with E-state index >= 15 is 0 Å². The Kier molecular flexibility index (Phi) is 7.33. The molecule has 0 saturated heterocycles. The second-order valence-electron chi connectivity index (χ2n) is 15.5. The van der Waals surface area contributed by atoms with Crippen LogP contribution in [-0.2, 0) is 0 Å². The van der Waals surface area contributed by atoms with E-state index in [-0.39, 0.29) is 0 Å². The zero-order chi connectivity index (χ0) is 38.2. The molecule has 0 aliphatic rings. The molecule has 0 atom stereocenters. The van der Waals surface area contributed by atoms with E-state index in [1.165, 1.54) is 120 Å². The summed E-state index contributed by atoms with van der Waals surface area (Å²) in [6, 6.07) is 80.8. The number of hydrogen-bond acceptors (Lipinski definition) is 0. The normalized spacial score (nSPS) is 11.8. The van der Waals surface area contributed by atoms with Crippen molar-refractivity contribution >= 4 is 75.4 Å². The Morgan fingerprint density at radius 2 is 0.362 bits per heavy atom. The predicted octanol–water partition coefficient (Wildman–Crippen LogP) is 16.4. The van der Waals surface area contributed by atoms with Crippen LogP contribution < -0.4 is 0 Å². The van der Waals surface area contributed by atoms with Crippen LogP contribution in [0.2, 0.25) is 0 Å². The molecule has 0 bridgehead atoms. The number of fused-ring (bicyclic) bond motifs is 10. The van der Waals surface area contributed by atoms with Crippen LogP contribution >= 0.6 is 0 Å². The first kappa shape index (κ1) is 32.7. The van der Waals surface area contributed by atoms with Crippen molar-refractivity contribution in [2.75, 3.05) is 0 Å². The molecule has 0 spiro atoms. The summed E-state index contributed by atoms with van der Waals surface area (Å²) in [5, 5.41) is 17.9. The Morgan fingerprint density at radius 1 is 0.138 bits per heavy atom. The molecule has 0 aliphatic carbocycles. The number of hydrogen-bond donors (Lipinski definition) is 0. The molecule has 0 aromatic heterocycles. The summed E-state index contributed by atoms with van der Waals surface area (Å²) >= 11 is 0. The van der Waals surface area contributed by atoms with Crippen LogP contribution in [0, 0.1) is 0 Å². The van der Waals surface area contributed by atoms with E-state index in [0.29, 0.717) is 0 Å². The summed E-state index contributed by atoms with van der Waals surface area (Å²) in [5.41, 5.74) is 10.0. The first-order chi connectivity index (χ1) is 28.8. The van der Waals surface area contributed by atoms with Gasteiger partial charge in [-0.3, -0.25) is 0 Å². The van der Waals surface area contributed by atoms with Crippen molar-refractivity contribution in [1.29, 1.82) is 0 Å². The fourth-order valence-electron chi connectivity index (χ4n) is 9.97. The van der Waals surface area contributed by atoms with Crippen molar-refractivity contribution in [1.82, 2.24) is 0 Å². The predicted molar refractivity (Wildman–Crippen MR) is 251 cm³/mol. The average molecular weight is 733 g/mol. The van der Waals surface area contributed by atoms with E-state index in [1.807, 2.05) is 0 Å². The highest BCUT2D eigenvalue weighted by atomic mass is 14.2. The van der Waals surface area contributed by atoms with Crippen LogP contribution in [0.5, 0.6) is 0 Å². The zero-order valence-corrected chi connectivity index (χ0v) is 31.8. The van der Waals surface area contributed by atoms with Crippen LogP contribution in [0.25, 0.3) is 120 Å². The molecule has 0 N–H and O–H groups in total. The van der Waals surface area contributed by atoms with Gasteiger partial charge in [-0.15, -0.1) is 0 Å². The van der Waals surface area contributed by atoms with E-state index < -0.39 is 0 Å². The average Bonchev–Trinajstić information content (AvgIpc) is 3.30. The van der Waals surface area contributed by atoms with Crippen LogP contribution in [0.4, 0.5) is 0 Å². The highest BCUT2D eigenvalue weighted by Crippen LogP contribution is 2.47. The minimum Gasteiger partial charge on any atom is -0.0622 e. The molecule has 12 aromatic rings. The molecule has 268 valence electrons. The SMILES string of the molecule is c1ccc(-c2c3ccccc3c(-c3ccc(-c4c5ccccc5c(-c5ccc6c7ccccc7c7ccccc7c6c5)c5ccccc45)cc3)c3ccccc23)cc1. The van der Waals surface area contributed by atoms with Crippen LogP contribution in [0.1, 0.15) is 0 Å². The molecular formula is C58H36. The maximum absolute atomic E-state index is 2.44. The van der Waals surface area contributed by atoms with Crippen molar-refractivity contribution in [3.05, 3.63) is 218 Å². The lowest BCUT2D eigenvalue weighted by Crippen LogP contribution is -1.92. The fraction of sp³-hybridized carbons (Fsp3) is 0. The standard InChI is InChI=1S/C58H36/c1-2-16-37(17-3-1)55-46-22-8-10-24-48(46)56(49-25-11-9-23-47(49)55)38-30-32-39(33-31-38)57-50-26-12-14-28-52(50)58(53-29-15-13-27-51(53)57)40-34-35-45-43-20-5-4-18-41(43)42-19-6-7-21-44(42)54(45)36-40/h1-36H. The molecule has 0 heterocycles. The molecule has 58 heavy (non-hydrogen) atoms. The smallest absolute Gasteiger partial charge is 0.00261 e. The largest absolute Gasteiger partial charge is 0.0622 e. The molecule has 0 amide bonds. The molecule has 12 rings (SSSR count). The molecule has 0 unspecified atom stereocenters. The lowest BCUT2D eigenvalue weighted by molar-refractivity contribution is 1.64. The van der Waals surface area contributed by atoms with Gasteiger partial charge in [-0.2, -0.15) is 0 Å². The number of rotatable bonds is 4. The van der Waals surface area contributed by atoms with E-state index in [0.717, 1.165) is 0 Å². The van der Waals surface area contributed by atoms with Gasteiger partial charge in [0, 0.05) is 0 Å². The third-order valence-electron chi connectivity index (χ3n) is 12.4. The highest BCUT2D eigenvalue weighted by molar-refractivity contribution is 6.28. The van der Waals surface area contributed by atoms with Crippen LogP contribution in [-0.4, -0.2) is 0 Å². The van der Waals surface area contributed by atoms with E-state index in [9.17, 15) is 0 Å². The Balaban J connectivity index is 1.07. The molecule has 0 radical (unpaired) electrons. The lowest BCUT2D eigenvalue weighted by Gasteiger charge is -2.19. The van der Waals surface area contributed by atoms with Gasteiger partial charge in [0.15, 0.2) is 0 Å². The maximum atomic E-state index is 2.44. The van der Waals surface area contributed by atoms with Gasteiger partial charge in [0.1, 0.15) is 0 Å². The van der Waals surface area contributed by atoms with Crippen molar-refractivity contribution in [3.63, 3.8) is 0 Å². The third kappa shape index (κ3) is 4.89. The Bertz CT molecular complexity index is 3440. The summed E-state index contributed by atoms with van der Waals surface area (Å²) < 4.78 is 0. The monoisotopic (exact) mass is 732 g/mol. The fourth-order valence-corrected chi connectivity index (χ4v) is 9.97. The Hall–Kier alpha value is -7.54. The van der Waals surface area contributed by atoms with Crippen molar-refractivity contribution in [3.8, 4) is 44.5 Å². The third-order valence-corrected chi connectivity index (χ3v) is 12.4. The summed E-state index contributed by atoms with van der Waals surface area (Å²) in [4.78, 5) is 0. The highest BCUT2D eigenvalue weighted by Gasteiger charge is 2.20. The van der Waals surface area contributed by atoms with Gasteiger partial charge in [0.05, 0.1) is 0 Å². The van der Waals surface area contributed by atoms with Crippen LogP contribution in [0.3, 0.4) is 0 Å². The van der Waals surface area contributed by atoms with Crippen molar-refractivity contribution in [2.24, 2.45) is 0 Å². The zero-order valence-electron chi connectivity index (χ0n) is 31.8. The Labute approximate surface area is 336 Å². The van der Waals surface area contributed by atoms with Gasteiger partial charge in [-0.25, -0.2) is 0 Å². The molecule has 0 saturated carbocycles. The molecule has 0 aliphatic heterocycles. The summed E-state index contributed by atoms with van der Waals surface area (Å²) in [7, 11) is 0. The second-order valence-corrected chi connectivity index (χ2v) is 15.5. The summed E-state index contributed by atoms with van der Waals surface area (Å²) in [6.07, 6.45) is 0. The van der Waals surface area contributed by atoms with Gasteiger partial charge in [0.2, 0.25) is 0 Å². The topological polar surface area (TPSA) is 0 Å². The van der Waals surface area contributed by atoms with E-state index in [1.54, 1.807) is 0 Å². The van der Waals surface area contributed by atoms with Gasteiger partial charge in [-0.1, -0.05) is 212 Å². The van der Waals surface area contributed by atoms with Crippen LogP contribution in [0.15, 0.2) is 218 Å².